The zero-order valence-electron chi connectivity index (χ0n) is 10.2. The van der Waals surface area contributed by atoms with Crippen molar-refractivity contribution in [2.75, 3.05) is 11.9 Å². The maximum atomic E-state index is 10.6. The molecule has 0 amide bonds. The normalized spacial score (nSPS) is 10.4. The Bertz CT molecular complexity index is 600. The van der Waals surface area contributed by atoms with Gasteiger partial charge >= 0.3 is 0 Å². The smallest absolute Gasteiger partial charge is 0.270 e. The molecule has 0 radical (unpaired) electrons. The summed E-state index contributed by atoms with van der Waals surface area (Å²) >= 11 is 3.75. The summed E-state index contributed by atoms with van der Waals surface area (Å²) in [5.41, 5.74) is 2.08. The highest BCUT2D eigenvalue weighted by atomic mass is 127. The van der Waals surface area contributed by atoms with Gasteiger partial charge in [-0.1, -0.05) is 0 Å². The number of rotatable bonds is 5. The third-order valence-electron chi connectivity index (χ3n) is 2.48. The van der Waals surface area contributed by atoms with E-state index in [1.807, 2.05) is 12.3 Å². The summed E-state index contributed by atoms with van der Waals surface area (Å²) in [6, 6.07) is 4.82. The van der Waals surface area contributed by atoms with E-state index in [1.165, 1.54) is 6.07 Å². The van der Waals surface area contributed by atoms with E-state index in [4.69, 9.17) is 0 Å². The second-order valence-electron chi connectivity index (χ2n) is 3.98. The highest BCUT2D eigenvalue weighted by Crippen LogP contribution is 2.23. The molecule has 0 fully saturated rings. The van der Waals surface area contributed by atoms with Crippen LogP contribution in [0, 0.1) is 20.6 Å². The van der Waals surface area contributed by atoms with E-state index in [0.29, 0.717) is 0 Å². The average molecular weight is 389 g/mol. The third-order valence-corrected chi connectivity index (χ3v) is 4.40. The van der Waals surface area contributed by atoms with Crippen LogP contribution in [0.1, 0.15) is 10.7 Å². The molecule has 7 heteroatoms. The van der Waals surface area contributed by atoms with Gasteiger partial charge in [-0.25, -0.2) is 4.98 Å². The minimum absolute atomic E-state index is 0.116. The fourth-order valence-electron chi connectivity index (χ4n) is 1.58. The van der Waals surface area contributed by atoms with Gasteiger partial charge in [0.05, 0.1) is 9.93 Å². The number of hydrogen-bond acceptors (Lipinski definition) is 5. The number of nitrogens with one attached hydrogen (secondary N) is 1. The minimum atomic E-state index is -0.385. The summed E-state index contributed by atoms with van der Waals surface area (Å²) in [6.07, 6.45) is 0.853. The van der Waals surface area contributed by atoms with Crippen LogP contribution in [0.4, 0.5) is 11.4 Å². The van der Waals surface area contributed by atoms with Gasteiger partial charge in [-0.05, 0) is 35.6 Å². The number of halogens is 1. The van der Waals surface area contributed by atoms with Crippen molar-refractivity contribution in [1.29, 1.82) is 0 Å². The number of aryl methyl sites for hydroxylation is 1. The van der Waals surface area contributed by atoms with E-state index in [-0.39, 0.29) is 10.6 Å². The van der Waals surface area contributed by atoms with Crippen LogP contribution in [0.2, 0.25) is 0 Å². The molecule has 1 aromatic heterocycles. The van der Waals surface area contributed by atoms with E-state index >= 15 is 0 Å². The Kier molecular flexibility index (Phi) is 4.70. The Morgan fingerprint density at radius 2 is 2.32 bits per heavy atom. The van der Waals surface area contributed by atoms with Crippen LogP contribution in [-0.2, 0) is 6.42 Å². The SMILES string of the molecule is Cc1csc(CCNc2ccc([N+](=O)[O-])cc2I)n1. The average Bonchev–Trinajstić information content (AvgIpc) is 2.77. The lowest BCUT2D eigenvalue weighted by molar-refractivity contribution is -0.384. The number of anilines is 1. The van der Waals surface area contributed by atoms with Gasteiger partial charge in [-0.3, -0.25) is 10.1 Å². The van der Waals surface area contributed by atoms with Gasteiger partial charge in [-0.2, -0.15) is 0 Å². The number of nitro benzene ring substituents is 1. The molecule has 1 N–H and O–H groups in total. The number of aromatic nitrogens is 1. The fourth-order valence-corrected chi connectivity index (χ4v) is 3.05. The summed E-state index contributed by atoms with van der Waals surface area (Å²) in [5.74, 6) is 0. The molecule has 0 unspecified atom stereocenters. The summed E-state index contributed by atoms with van der Waals surface area (Å²) in [5, 5.41) is 17.0. The molecule has 0 aliphatic rings. The standard InChI is InChI=1S/C12H12IN3O2S/c1-8-7-19-12(15-8)4-5-14-11-3-2-9(16(17)18)6-10(11)13/h2-3,6-7,14H,4-5H2,1H3. The van der Waals surface area contributed by atoms with E-state index < -0.39 is 0 Å². The predicted octanol–water partition coefficient (Wildman–Crippen LogP) is 3.62. The monoisotopic (exact) mass is 389 g/mol. The van der Waals surface area contributed by atoms with Crippen molar-refractivity contribution in [2.24, 2.45) is 0 Å². The first-order valence-corrected chi connectivity index (χ1v) is 7.61. The number of thiazole rings is 1. The van der Waals surface area contributed by atoms with Crippen molar-refractivity contribution in [3.05, 3.63) is 48.0 Å². The van der Waals surface area contributed by atoms with Crippen molar-refractivity contribution in [3.8, 4) is 0 Å². The largest absolute Gasteiger partial charge is 0.384 e. The van der Waals surface area contributed by atoms with E-state index in [1.54, 1.807) is 23.5 Å². The minimum Gasteiger partial charge on any atom is -0.384 e. The topological polar surface area (TPSA) is 68.1 Å². The zero-order chi connectivity index (χ0) is 13.8. The molecular formula is C12H12IN3O2S. The maximum Gasteiger partial charge on any atom is 0.270 e. The summed E-state index contributed by atoms with van der Waals surface area (Å²) < 4.78 is 0.849. The Morgan fingerprint density at radius 3 is 2.89 bits per heavy atom. The molecule has 1 heterocycles. The Labute approximate surface area is 128 Å². The lowest BCUT2D eigenvalue weighted by Crippen LogP contribution is -2.06. The van der Waals surface area contributed by atoms with Crippen molar-refractivity contribution in [1.82, 2.24) is 4.98 Å². The molecule has 5 nitrogen and oxygen atoms in total. The Morgan fingerprint density at radius 1 is 1.53 bits per heavy atom. The molecule has 0 spiro atoms. The molecule has 0 bridgehead atoms. The quantitative estimate of drug-likeness (QED) is 0.482. The molecule has 100 valence electrons. The van der Waals surface area contributed by atoms with Crippen LogP contribution in [0.3, 0.4) is 0 Å². The van der Waals surface area contributed by atoms with Gasteiger partial charge in [0, 0.05) is 45.4 Å². The van der Waals surface area contributed by atoms with Crippen LogP contribution < -0.4 is 5.32 Å². The van der Waals surface area contributed by atoms with Gasteiger partial charge < -0.3 is 5.32 Å². The van der Waals surface area contributed by atoms with Gasteiger partial charge in [0.15, 0.2) is 0 Å². The second-order valence-corrected chi connectivity index (χ2v) is 6.09. The molecule has 2 rings (SSSR count). The number of hydrogen-bond donors (Lipinski definition) is 1. The zero-order valence-corrected chi connectivity index (χ0v) is 13.2. The van der Waals surface area contributed by atoms with Crippen molar-refractivity contribution in [2.45, 2.75) is 13.3 Å². The predicted molar refractivity (Wildman–Crippen MR) is 84.9 cm³/mol. The molecule has 0 atom stereocenters. The van der Waals surface area contributed by atoms with Gasteiger partial charge in [-0.15, -0.1) is 11.3 Å². The number of benzene rings is 1. The highest BCUT2D eigenvalue weighted by Gasteiger charge is 2.08. The van der Waals surface area contributed by atoms with Gasteiger partial charge in [0.25, 0.3) is 5.69 Å². The molecule has 0 saturated heterocycles. The molecule has 0 aliphatic carbocycles. The van der Waals surface area contributed by atoms with E-state index in [2.05, 4.69) is 32.9 Å². The maximum absolute atomic E-state index is 10.6. The third kappa shape index (κ3) is 3.87. The Hall–Kier alpha value is -1.22. The van der Waals surface area contributed by atoms with Crippen LogP contribution in [0.15, 0.2) is 23.6 Å². The highest BCUT2D eigenvalue weighted by molar-refractivity contribution is 14.1. The van der Waals surface area contributed by atoms with E-state index in [9.17, 15) is 10.1 Å². The number of nitrogens with zero attached hydrogens (tertiary/aromatic N) is 2. The van der Waals surface area contributed by atoms with Crippen LogP contribution in [0.5, 0.6) is 0 Å². The molecule has 2 aromatic rings. The first-order chi connectivity index (χ1) is 9.06. The van der Waals surface area contributed by atoms with Crippen LogP contribution >= 0.6 is 33.9 Å². The molecule has 0 saturated carbocycles. The molecule has 19 heavy (non-hydrogen) atoms. The van der Waals surface area contributed by atoms with Gasteiger partial charge in [0.2, 0.25) is 0 Å². The van der Waals surface area contributed by atoms with E-state index in [0.717, 1.165) is 32.9 Å². The molecule has 0 aliphatic heterocycles. The van der Waals surface area contributed by atoms with Crippen LogP contribution in [-0.4, -0.2) is 16.5 Å². The summed E-state index contributed by atoms with van der Waals surface area (Å²) in [7, 11) is 0. The number of nitro groups is 1. The lowest BCUT2D eigenvalue weighted by atomic mass is 10.3. The fraction of sp³-hybridized carbons (Fsp3) is 0.250. The lowest BCUT2D eigenvalue weighted by Gasteiger charge is -2.07. The first kappa shape index (κ1) is 14.2. The number of non-ortho nitro benzene ring substituents is 1. The Balaban J connectivity index is 1.94. The summed E-state index contributed by atoms with van der Waals surface area (Å²) in [6.45, 7) is 2.74. The van der Waals surface area contributed by atoms with Gasteiger partial charge in [0.1, 0.15) is 0 Å². The summed E-state index contributed by atoms with van der Waals surface area (Å²) in [4.78, 5) is 14.6. The van der Waals surface area contributed by atoms with Crippen molar-refractivity contribution < 1.29 is 4.92 Å². The molecular weight excluding hydrogens is 377 g/mol. The van der Waals surface area contributed by atoms with Crippen molar-refractivity contribution >= 4 is 45.3 Å². The molecule has 1 aromatic carbocycles. The second kappa shape index (κ2) is 6.29. The van der Waals surface area contributed by atoms with Crippen LogP contribution in [0.25, 0.3) is 0 Å². The first-order valence-electron chi connectivity index (χ1n) is 5.65. The van der Waals surface area contributed by atoms with Crippen molar-refractivity contribution in [3.63, 3.8) is 0 Å².